The number of rotatable bonds is 1. The third-order valence-electron chi connectivity index (χ3n) is 0.215. The van der Waals surface area contributed by atoms with Gasteiger partial charge in [0.2, 0.25) is 0 Å². The zero-order valence-corrected chi connectivity index (χ0v) is 3.94. The largest absolute Gasteiger partial charge is 0.390 e. The van der Waals surface area contributed by atoms with Crippen LogP contribution in [0.15, 0.2) is 16.7 Å². The van der Waals surface area contributed by atoms with Crippen molar-refractivity contribution < 1.29 is 0 Å². The molecule has 0 saturated carbocycles. The number of halogens is 1. The summed E-state index contributed by atoms with van der Waals surface area (Å²) in [6.45, 7) is 3.23. The zero-order valence-electron chi connectivity index (χ0n) is 3.19. The number of hydrogen-bond acceptors (Lipinski definition) is 1. The first-order valence-corrected chi connectivity index (χ1v) is 1.74. The van der Waals surface area contributed by atoms with Gasteiger partial charge in [-0.15, -0.1) is 0 Å². The van der Waals surface area contributed by atoms with Gasteiger partial charge in [0.1, 0.15) is 5.16 Å². The van der Waals surface area contributed by atoms with E-state index in [1.54, 1.807) is 0 Å². The van der Waals surface area contributed by atoms with Crippen LogP contribution < -0.4 is 5.73 Å². The summed E-state index contributed by atoms with van der Waals surface area (Å²) in [7, 11) is 0. The normalized spacial score (nSPS) is 9.50. The number of aliphatic imine (C=N–C) groups is 1. The second-order valence-electron chi connectivity index (χ2n) is 0.654. The van der Waals surface area contributed by atoms with Crippen molar-refractivity contribution in [3.63, 3.8) is 0 Å². The topological polar surface area (TPSA) is 38.4 Å². The fourth-order valence-corrected chi connectivity index (χ4v) is 0.137. The quantitative estimate of drug-likeness (QED) is 0.297. The average molecular weight is 105 g/mol. The summed E-state index contributed by atoms with van der Waals surface area (Å²) in [5.41, 5.74) is 4.79. The van der Waals surface area contributed by atoms with Gasteiger partial charge in [-0.2, -0.15) is 0 Å². The Morgan fingerprint density at radius 2 is 2.50 bits per heavy atom. The summed E-state index contributed by atoms with van der Waals surface area (Å²) < 4.78 is 0. The van der Waals surface area contributed by atoms with Gasteiger partial charge in [0.25, 0.3) is 0 Å². The third-order valence-corrected chi connectivity index (χ3v) is 0.312. The molecule has 0 unspecified atom stereocenters. The molecule has 0 saturated heterocycles. The van der Waals surface area contributed by atoms with Crippen molar-refractivity contribution in [3.05, 3.63) is 11.7 Å². The zero-order chi connectivity index (χ0) is 4.99. The van der Waals surface area contributed by atoms with Gasteiger partial charge in [0.05, 0.1) is 6.34 Å². The van der Waals surface area contributed by atoms with Crippen LogP contribution in [0, 0.1) is 0 Å². The van der Waals surface area contributed by atoms with E-state index < -0.39 is 0 Å². The first kappa shape index (κ1) is 5.50. The fourth-order valence-electron chi connectivity index (χ4n) is 0.0809. The van der Waals surface area contributed by atoms with E-state index in [1.807, 2.05) is 0 Å². The highest BCUT2D eigenvalue weighted by molar-refractivity contribution is 6.29. The molecule has 0 radical (unpaired) electrons. The first-order valence-electron chi connectivity index (χ1n) is 1.36. The lowest BCUT2D eigenvalue weighted by atomic mass is 11.0. The smallest absolute Gasteiger partial charge is 0.123 e. The molecular weight excluding hydrogens is 99.5 g/mol. The van der Waals surface area contributed by atoms with E-state index in [2.05, 4.69) is 11.6 Å². The second kappa shape index (κ2) is 2.72. The Hall–Kier alpha value is -0.500. The van der Waals surface area contributed by atoms with Gasteiger partial charge < -0.3 is 5.73 Å². The van der Waals surface area contributed by atoms with Crippen molar-refractivity contribution in [1.29, 1.82) is 0 Å². The Morgan fingerprint density at radius 3 is 2.50 bits per heavy atom. The summed E-state index contributed by atoms with van der Waals surface area (Å²) in [5, 5.41) is 0.206. The van der Waals surface area contributed by atoms with Crippen molar-refractivity contribution in [3.8, 4) is 0 Å². The molecule has 0 aromatic heterocycles. The minimum absolute atomic E-state index is 0.206. The maximum absolute atomic E-state index is 5.11. The molecule has 0 heterocycles. The molecule has 0 spiro atoms. The summed E-state index contributed by atoms with van der Waals surface area (Å²) >= 11 is 5.11. The van der Waals surface area contributed by atoms with E-state index in [-0.39, 0.29) is 5.16 Å². The minimum Gasteiger partial charge on any atom is -0.390 e. The van der Waals surface area contributed by atoms with Crippen molar-refractivity contribution in [1.82, 2.24) is 0 Å². The highest BCUT2D eigenvalue weighted by Crippen LogP contribution is 1.93. The first-order chi connectivity index (χ1) is 2.77. The van der Waals surface area contributed by atoms with Crippen LogP contribution in [0.4, 0.5) is 0 Å². The van der Waals surface area contributed by atoms with Gasteiger partial charge >= 0.3 is 0 Å². The van der Waals surface area contributed by atoms with E-state index in [0.717, 1.165) is 6.34 Å². The lowest BCUT2D eigenvalue weighted by molar-refractivity contribution is 1.53. The third kappa shape index (κ3) is 3.50. The van der Waals surface area contributed by atoms with Crippen LogP contribution in [-0.2, 0) is 0 Å². The molecule has 0 aromatic rings. The average Bonchev–Trinajstić information content (AvgIpc) is 1.35. The van der Waals surface area contributed by atoms with Crippen LogP contribution >= 0.6 is 11.6 Å². The van der Waals surface area contributed by atoms with Crippen LogP contribution in [-0.4, -0.2) is 6.34 Å². The Bertz CT molecular complexity index is 76.9. The van der Waals surface area contributed by atoms with Gasteiger partial charge in [0, 0.05) is 0 Å². The lowest BCUT2D eigenvalue weighted by Gasteiger charge is -1.73. The summed E-state index contributed by atoms with van der Waals surface area (Å²) in [6.07, 6.45) is 1.09. The standard InChI is InChI=1S/C3H5ClN2/c1-3(4)6-2-5/h2H,1H2,(H2,5,6). The molecule has 0 fully saturated rings. The number of nitrogens with two attached hydrogens (primary N) is 1. The molecular formula is C3H5ClN2. The van der Waals surface area contributed by atoms with Crippen LogP contribution in [0.25, 0.3) is 0 Å². The Balaban J connectivity index is 3.30. The summed E-state index contributed by atoms with van der Waals surface area (Å²) in [5.74, 6) is 0. The molecule has 3 heteroatoms. The van der Waals surface area contributed by atoms with Gasteiger partial charge in [0.15, 0.2) is 0 Å². The molecule has 2 nitrogen and oxygen atoms in total. The van der Waals surface area contributed by atoms with Crippen LogP contribution in [0.1, 0.15) is 0 Å². The Labute approximate surface area is 41.3 Å². The van der Waals surface area contributed by atoms with Crippen LogP contribution in [0.2, 0.25) is 0 Å². The predicted octanol–water partition coefficient (Wildman–Crippen LogP) is 0.683. The van der Waals surface area contributed by atoms with Crippen LogP contribution in [0.3, 0.4) is 0 Å². The minimum atomic E-state index is 0.206. The molecule has 0 aliphatic rings. The monoisotopic (exact) mass is 104 g/mol. The molecule has 0 atom stereocenters. The summed E-state index contributed by atoms with van der Waals surface area (Å²) in [6, 6.07) is 0. The number of nitrogens with zero attached hydrogens (tertiary/aromatic N) is 1. The maximum Gasteiger partial charge on any atom is 0.123 e. The Kier molecular flexibility index (Phi) is 2.50. The molecule has 0 aromatic carbocycles. The van der Waals surface area contributed by atoms with Gasteiger partial charge in [-0.3, -0.25) is 0 Å². The molecule has 34 valence electrons. The van der Waals surface area contributed by atoms with Crippen molar-refractivity contribution in [2.45, 2.75) is 0 Å². The van der Waals surface area contributed by atoms with E-state index in [4.69, 9.17) is 17.3 Å². The van der Waals surface area contributed by atoms with Crippen molar-refractivity contribution >= 4 is 17.9 Å². The van der Waals surface area contributed by atoms with Gasteiger partial charge in [-0.25, -0.2) is 4.99 Å². The number of hydrogen-bond donors (Lipinski definition) is 1. The van der Waals surface area contributed by atoms with Gasteiger partial charge in [-0.1, -0.05) is 18.2 Å². The molecule has 0 rings (SSSR count). The molecule has 0 amide bonds. The van der Waals surface area contributed by atoms with Crippen molar-refractivity contribution in [2.75, 3.05) is 0 Å². The van der Waals surface area contributed by atoms with Gasteiger partial charge in [-0.05, 0) is 0 Å². The SMILES string of the molecule is C=C(Cl)N=CN. The molecule has 2 N–H and O–H groups in total. The molecule has 0 aliphatic heterocycles. The predicted molar refractivity (Wildman–Crippen MR) is 27.7 cm³/mol. The maximum atomic E-state index is 5.11. The fraction of sp³-hybridized carbons (Fsp3) is 0. The van der Waals surface area contributed by atoms with Crippen molar-refractivity contribution in [2.24, 2.45) is 10.7 Å². The van der Waals surface area contributed by atoms with E-state index in [9.17, 15) is 0 Å². The lowest BCUT2D eigenvalue weighted by Crippen LogP contribution is -1.86. The molecule has 6 heavy (non-hydrogen) atoms. The highest BCUT2D eigenvalue weighted by Gasteiger charge is 1.68. The second-order valence-corrected chi connectivity index (χ2v) is 1.09. The summed E-state index contributed by atoms with van der Waals surface area (Å²) in [4.78, 5) is 3.35. The molecule has 0 bridgehead atoms. The van der Waals surface area contributed by atoms with E-state index in [0.29, 0.717) is 0 Å². The van der Waals surface area contributed by atoms with E-state index >= 15 is 0 Å². The van der Waals surface area contributed by atoms with Crippen LogP contribution in [0.5, 0.6) is 0 Å². The Morgan fingerprint density at radius 1 is 2.00 bits per heavy atom. The van der Waals surface area contributed by atoms with E-state index in [1.165, 1.54) is 0 Å². The highest BCUT2D eigenvalue weighted by atomic mass is 35.5. The molecule has 0 aliphatic carbocycles.